The Balaban J connectivity index is 2.14. The summed E-state index contributed by atoms with van der Waals surface area (Å²) in [6, 6.07) is 11.9. The van der Waals surface area contributed by atoms with E-state index in [1.54, 1.807) is 6.07 Å². The summed E-state index contributed by atoms with van der Waals surface area (Å²) in [4.78, 5) is 0. The molecule has 0 heterocycles. The van der Waals surface area contributed by atoms with Crippen molar-refractivity contribution in [3.05, 3.63) is 63.1 Å². The molecule has 0 aliphatic heterocycles. The van der Waals surface area contributed by atoms with Crippen LogP contribution in [0.5, 0.6) is 0 Å². The van der Waals surface area contributed by atoms with E-state index in [-0.39, 0.29) is 0 Å². The topological polar surface area (TPSA) is 12.0 Å². The van der Waals surface area contributed by atoms with Crippen molar-refractivity contribution in [1.82, 2.24) is 0 Å². The van der Waals surface area contributed by atoms with Gasteiger partial charge in [0.1, 0.15) is 0 Å². The molecule has 0 aliphatic carbocycles. The maximum absolute atomic E-state index is 5.99. The first kappa shape index (κ1) is 13.3. The molecular formula is C15H15Cl2N. The lowest BCUT2D eigenvalue weighted by molar-refractivity contribution is 1.09. The van der Waals surface area contributed by atoms with Gasteiger partial charge in [-0.1, -0.05) is 41.4 Å². The zero-order valence-electron chi connectivity index (χ0n) is 10.4. The van der Waals surface area contributed by atoms with Gasteiger partial charge in [0.25, 0.3) is 0 Å². The molecule has 1 N–H and O–H groups in total. The first-order valence-corrected chi connectivity index (χ1v) is 6.57. The highest BCUT2D eigenvalue weighted by Gasteiger charge is 2.03. The minimum absolute atomic E-state index is 0.572. The molecule has 3 heteroatoms. The highest BCUT2D eigenvalue weighted by Crippen LogP contribution is 2.25. The van der Waals surface area contributed by atoms with Crippen LogP contribution < -0.4 is 5.32 Å². The van der Waals surface area contributed by atoms with E-state index in [0.29, 0.717) is 10.0 Å². The summed E-state index contributed by atoms with van der Waals surface area (Å²) in [5.41, 5.74) is 4.89. The normalized spacial score (nSPS) is 10.4. The highest BCUT2D eigenvalue weighted by molar-refractivity contribution is 6.42. The van der Waals surface area contributed by atoms with Crippen molar-refractivity contribution in [3.8, 4) is 0 Å². The second kappa shape index (κ2) is 5.64. The van der Waals surface area contributed by atoms with E-state index >= 15 is 0 Å². The molecular weight excluding hydrogens is 265 g/mol. The molecule has 2 rings (SSSR count). The van der Waals surface area contributed by atoms with Gasteiger partial charge >= 0.3 is 0 Å². The number of halogens is 2. The van der Waals surface area contributed by atoms with Gasteiger partial charge in [-0.05, 0) is 48.7 Å². The van der Waals surface area contributed by atoms with Crippen molar-refractivity contribution in [1.29, 1.82) is 0 Å². The van der Waals surface area contributed by atoms with Gasteiger partial charge in [-0.25, -0.2) is 0 Å². The average Bonchev–Trinajstić information content (AvgIpc) is 2.33. The summed E-state index contributed by atoms with van der Waals surface area (Å²) >= 11 is 11.9. The number of nitrogens with one attached hydrogen (secondary N) is 1. The standard InChI is InChI=1S/C15H15Cl2N/c1-10-4-3-5-11(2)13(10)9-18-12-6-7-14(16)15(17)8-12/h3-8,18H,9H2,1-2H3. The van der Waals surface area contributed by atoms with Crippen molar-refractivity contribution in [3.63, 3.8) is 0 Å². The Labute approximate surface area is 118 Å². The fourth-order valence-corrected chi connectivity index (χ4v) is 2.22. The quantitative estimate of drug-likeness (QED) is 0.812. The van der Waals surface area contributed by atoms with Crippen LogP contribution in [0.3, 0.4) is 0 Å². The Bertz CT molecular complexity index is 544. The minimum Gasteiger partial charge on any atom is -0.381 e. The van der Waals surface area contributed by atoms with Crippen LogP contribution in [0.1, 0.15) is 16.7 Å². The molecule has 0 fully saturated rings. The second-order valence-electron chi connectivity index (χ2n) is 4.35. The van der Waals surface area contributed by atoms with Crippen LogP contribution in [0, 0.1) is 13.8 Å². The molecule has 18 heavy (non-hydrogen) atoms. The van der Waals surface area contributed by atoms with Crippen LogP contribution in [-0.2, 0) is 6.54 Å². The predicted octanol–water partition coefficient (Wildman–Crippen LogP) is 5.22. The third-order valence-electron chi connectivity index (χ3n) is 3.03. The Morgan fingerprint density at radius 2 is 1.61 bits per heavy atom. The molecule has 0 bridgehead atoms. The first-order chi connectivity index (χ1) is 8.58. The Kier molecular flexibility index (Phi) is 4.15. The van der Waals surface area contributed by atoms with Crippen molar-refractivity contribution in [2.45, 2.75) is 20.4 Å². The summed E-state index contributed by atoms with van der Waals surface area (Å²) in [6.45, 7) is 5.04. The van der Waals surface area contributed by atoms with Crippen LogP contribution in [0.2, 0.25) is 10.0 Å². The minimum atomic E-state index is 0.572. The molecule has 0 atom stereocenters. The van der Waals surface area contributed by atoms with E-state index < -0.39 is 0 Å². The number of hydrogen-bond donors (Lipinski definition) is 1. The summed E-state index contributed by atoms with van der Waals surface area (Å²) in [7, 11) is 0. The summed E-state index contributed by atoms with van der Waals surface area (Å²) in [6.07, 6.45) is 0. The maximum atomic E-state index is 5.99. The van der Waals surface area contributed by atoms with Gasteiger partial charge < -0.3 is 5.32 Å². The van der Waals surface area contributed by atoms with E-state index in [9.17, 15) is 0 Å². The molecule has 0 spiro atoms. The molecule has 0 radical (unpaired) electrons. The van der Waals surface area contributed by atoms with Gasteiger partial charge in [0, 0.05) is 12.2 Å². The van der Waals surface area contributed by atoms with Gasteiger partial charge in [-0.2, -0.15) is 0 Å². The van der Waals surface area contributed by atoms with Crippen LogP contribution in [0.4, 0.5) is 5.69 Å². The molecule has 0 unspecified atom stereocenters. The number of rotatable bonds is 3. The lowest BCUT2D eigenvalue weighted by Crippen LogP contribution is -2.03. The molecule has 2 aromatic rings. The van der Waals surface area contributed by atoms with E-state index in [2.05, 4.69) is 37.4 Å². The van der Waals surface area contributed by atoms with E-state index in [4.69, 9.17) is 23.2 Å². The number of hydrogen-bond acceptors (Lipinski definition) is 1. The zero-order chi connectivity index (χ0) is 13.1. The molecule has 0 saturated carbocycles. The van der Waals surface area contributed by atoms with Crippen molar-refractivity contribution < 1.29 is 0 Å². The fraction of sp³-hybridized carbons (Fsp3) is 0.200. The SMILES string of the molecule is Cc1cccc(C)c1CNc1ccc(Cl)c(Cl)c1. The number of aryl methyl sites for hydroxylation is 2. The average molecular weight is 280 g/mol. The third kappa shape index (κ3) is 2.98. The molecule has 0 aromatic heterocycles. The van der Waals surface area contributed by atoms with Gasteiger partial charge in [-0.15, -0.1) is 0 Å². The molecule has 2 aromatic carbocycles. The number of anilines is 1. The third-order valence-corrected chi connectivity index (χ3v) is 3.77. The Hall–Kier alpha value is -1.18. The van der Waals surface area contributed by atoms with Crippen molar-refractivity contribution in [2.24, 2.45) is 0 Å². The van der Waals surface area contributed by atoms with Crippen LogP contribution in [0.15, 0.2) is 36.4 Å². The summed E-state index contributed by atoms with van der Waals surface area (Å²) in [5, 5.41) is 4.52. The highest BCUT2D eigenvalue weighted by atomic mass is 35.5. The monoisotopic (exact) mass is 279 g/mol. The van der Waals surface area contributed by atoms with Gasteiger partial charge in [0.05, 0.1) is 10.0 Å². The Morgan fingerprint density at radius 3 is 2.22 bits per heavy atom. The zero-order valence-corrected chi connectivity index (χ0v) is 11.9. The predicted molar refractivity (Wildman–Crippen MR) is 79.7 cm³/mol. The molecule has 0 saturated heterocycles. The second-order valence-corrected chi connectivity index (χ2v) is 5.17. The lowest BCUT2D eigenvalue weighted by atomic mass is 10.0. The van der Waals surface area contributed by atoms with E-state index in [1.807, 2.05) is 12.1 Å². The molecule has 0 aliphatic rings. The summed E-state index contributed by atoms with van der Waals surface area (Å²) < 4.78 is 0. The number of benzene rings is 2. The maximum Gasteiger partial charge on any atom is 0.0612 e. The molecule has 1 nitrogen and oxygen atoms in total. The van der Waals surface area contributed by atoms with Gasteiger partial charge in [-0.3, -0.25) is 0 Å². The fourth-order valence-electron chi connectivity index (χ4n) is 1.92. The summed E-state index contributed by atoms with van der Waals surface area (Å²) in [5.74, 6) is 0. The molecule has 94 valence electrons. The first-order valence-electron chi connectivity index (χ1n) is 5.82. The smallest absolute Gasteiger partial charge is 0.0612 e. The van der Waals surface area contributed by atoms with Gasteiger partial charge in [0.2, 0.25) is 0 Å². The van der Waals surface area contributed by atoms with Crippen molar-refractivity contribution in [2.75, 3.05) is 5.32 Å². The van der Waals surface area contributed by atoms with Crippen LogP contribution in [-0.4, -0.2) is 0 Å². The Morgan fingerprint density at radius 1 is 0.944 bits per heavy atom. The lowest BCUT2D eigenvalue weighted by Gasteiger charge is -2.12. The van der Waals surface area contributed by atoms with Crippen LogP contribution >= 0.6 is 23.2 Å². The van der Waals surface area contributed by atoms with E-state index in [1.165, 1.54) is 16.7 Å². The molecule has 0 amide bonds. The van der Waals surface area contributed by atoms with Crippen LogP contribution in [0.25, 0.3) is 0 Å². The van der Waals surface area contributed by atoms with E-state index in [0.717, 1.165) is 12.2 Å². The van der Waals surface area contributed by atoms with Crippen molar-refractivity contribution >= 4 is 28.9 Å². The largest absolute Gasteiger partial charge is 0.381 e. The van der Waals surface area contributed by atoms with Gasteiger partial charge in [0.15, 0.2) is 0 Å².